The fraction of sp³-hybridized carbons (Fsp3) is 0.238. The lowest BCUT2D eigenvalue weighted by atomic mass is 10.1. The lowest BCUT2D eigenvalue weighted by Crippen LogP contribution is -2.01. The summed E-state index contributed by atoms with van der Waals surface area (Å²) in [5, 5.41) is 22.0. The molecule has 0 aliphatic rings. The molecule has 4 heteroatoms. The van der Waals surface area contributed by atoms with Crippen LogP contribution in [0, 0.1) is 0 Å². The summed E-state index contributed by atoms with van der Waals surface area (Å²) < 4.78 is 12.6. The summed E-state index contributed by atoms with van der Waals surface area (Å²) in [6.45, 7) is 0. The molecule has 2 N–H and O–H groups in total. The van der Waals surface area contributed by atoms with Crippen molar-refractivity contribution in [2.24, 2.45) is 0 Å². The number of unbranched alkanes of at least 4 members (excludes halogenated alkanes) is 2. The standard InChI is InChI=1S/C21H21O3P/c22-19-15-20(21(23)18-13-7-6-12-17(18)19)25(24)14-8-2-5-11-16-9-3-1-4-10-16/h1,3-4,6-7,9-10,12-13,15H,2,5,8,11,14H2,(H-,22,23,24)/p+1. The first-order valence-corrected chi connectivity index (χ1v) is 10.0. The van der Waals surface area contributed by atoms with Gasteiger partial charge in [-0.3, -0.25) is 0 Å². The topological polar surface area (TPSA) is 57.5 Å². The summed E-state index contributed by atoms with van der Waals surface area (Å²) in [5.41, 5.74) is 1.32. The number of phenolic OH excluding ortho intramolecular Hbond substituents is 2. The first-order chi connectivity index (χ1) is 12.2. The Morgan fingerprint density at radius 3 is 2.24 bits per heavy atom. The molecule has 0 heterocycles. The van der Waals surface area contributed by atoms with Crippen molar-refractivity contribution >= 4 is 23.9 Å². The van der Waals surface area contributed by atoms with Crippen molar-refractivity contribution in [1.29, 1.82) is 0 Å². The van der Waals surface area contributed by atoms with Crippen LogP contribution in [0.1, 0.15) is 24.8 Å². The predicted molar refractivity (Wildman–Crippen MR) is 103 cm³/mol. The van der Waals surface area contributed by atoms with Crippen LogP contribution in [-0.4, -0.2) is 16.4 Å². The van der Waals surface area contributed by atoms with Crippen molar-refractivity contribution in [2.45, 2.75) is 25.7 Å². The van der Waals surface area contributed by atoms with Crippen molar-refractivity contribution in [1.82, 2.24) is 0 Å². The fourth-order valence-corrected chi connectivity index (χ4v) is 4.42. The smallest absolute Gasteiger partial charge is 0.380 e. The number of hydrogen-bond acceptors (Lipinski definition) is 3. The second-order valence-electron chi connectivity index (χ2n) is 6.21. The summed E-state index contributed by atoms with van der Waals surface area (Å²) in [4.78, 5) is 0. The van der Waals surface area contributed by atoms with Crippen LogP contribution < -0.4 is 5.30 Å². The minimum atomic E-state index is -1.72. The van der Waals surface area contributed by atoms with Gasteiger partial charge in [0.1, 0.15) is 5.75 Å². The van der Waals surface area contributed by atoms with Crippen molar-refractivity contribution in [3.05, 3.63) is 66.2 Å². The van der Waals surface area contributed by atoms with Gasteiger partial charge in [0.25, 0.3) is 0 Å². The van der Waals surface area contributed by atoms with Gasteiger partial charge in [-0.15, -0.1) is 0 Å². The van der Waals surface area contributed by atoms with Gasteiger partial charge in [0.15, 0.2) is 11.9 Å². The van der Waals surface area contributed by atoms with Crippen LogP contribution in [0.5, 0.6) is 11.5 Å². The van der Waals surface area contributed by atoms with Gasteiger partial charge < -0.3 is 10.2 Å². The summed E-state index contributed by atoms with van der Waals surface area (Å²) in [6.07, 6.45) is 4.45. The monoisotopic (exact) mass is 353 g/mol. The summed E-state index contributed by atoms with van der Waals surface area (Å²) in [5.74, 6) is 0.0922. The van der Waals surface area contributed by atoms with Gasteiger partial charge >= 0.3 is 7.80 Å². The van der Waals surface area contributed by atoms with E-state index in [0.717, 1.165) is 25.7 Å². The SMILES string of the molecule is O=[P+](CCCCCc1ccccc1)c1cc(O)c2ccccc2c1O. The zero-order chi connectivity index (χ0) is 17.6. The molecular weight excluding hydrogens is 331 g/mol. The molecular formula is C21H22O3P+. The molecule has 3 aromatic rings. The fourth-order valence-electron chi connectivity index (χ4n) is 3.04. The Kier molecular flexibility index (Phi) is 5.67. The van der Waals surface area contributed by atoms with E-state index in [1.807, 2.05) is 18.2 Å². The van der Waals surface area contributed by atoms with Gasteiger partial charge in [0.2, 0.25) is 5.30 Å². The van der Waals surface area contributed by atoms with Crippen molar-refractivity contribution in [3.63, 3.8) is 0 Å². The van der Waals surface area contributed by atoms with E-state index in [1.54, 1.807) is 24.3 Å². The van der Waals surface area contributed by atoms with Gasteiger partial charge in [-0.25, -0.2) is 0 Å². The number of aryl methyl sites for hydroxylation is 1. The van der Waals surface area contributed by atoms with Gasteiger partial charge in [0, 0.05) is 16.8 Å². The van der Waals surface area contributed by atoms with E-state index >= 15 is 0 Å². The van der Waals surface area contributed by atoms with E-state index in [1.165, 1.54) is 11.6 Å². The maximum atomic E-state index is 12.6. The quantitative estimate of drug-likeness (QED) is 0.352. The second kappa shape index (κ2) is 8.13. The van der Waals surface area contributed by atoms with Crippen LogP contribution in [0.2, 0.25) is 0 Å². The highest BCUT2D eigenvalue weighted by molar-refractivity contribution is 7.53. The lowest BCUT2D eigenvalue weighted by Gasteiger charge is -2.04. The molecule has 1 unspecified atom stereocenters. The molecule has 0 bridgehead atoms. The second-order valence-corrected chi connectivity index (χ2v) is 7.89. The van der Waals surface area contributed by atoms with E-state index < -0.39 is 7.80 Å². The van der Waals surface area contributed by atoms with Gasteiger partial charge in [0.05, 0.1) is 0 Å². The average molecular weight is 353 g/mol. The lowest BCUT2D eigenvalue weighted by molar-refractivity contribution is 0.472. The van der Waals surface area contributed by atoms with E-state index in [2.05, 4.69) is 12.1 Å². The highest BCUT2D eigenvalue weighted by Crippen LogP contribution is 2.36. The molecule has 128 valence electrons. The first kappa shape index (κ1) is 17.4. The van der Waals surface area contributed by atoms with E-state index in [4.69, 9.17) is 0 Å². The normalized spacial score (nSPS) is 11.6. The molecule has 0 saturated carbocycles. The Bertz CT molecular complexity index is 875. The maximum absolute atomic E-state index is 12.6. The molecule has 0 fully saturated rings. The number of fused-ring (bicyclic) bond motifs is 1. The van der Waals surface area contributed by atoms with Crippen LogP contribution >= 0.6 is 7.80 Å². The Balaban J connectivity index is 1.58. The molecule has 0 radical (unpaired) electrons. The van der Waals surface area contributed by atoms with Crippen molar-refractivity contribution < 1.29 is 14.8 Å². The van der Waals surface area contributed by atoms with Gasteiger partial charge in [-0.2, -0.15) is 0 Å². The van der Waals surface area contributed by atoms with Gasteiger partial charge in [-0.05, 0) is 31.2 Å². The number of hydrogen-bond donors (Lipinski definition) is 2. The van der Waals surface area contributed by atoms with Crippen molar-refractivity contribution in [2.75, 3.05) is 6.16 Å². The van der Waals surface area contributed by atoms with Crippen LogP contribution in [0.3, 0.4) is 0 Å². The Morgan fingerprint density at radius 2 is 1.48 bits per heavy atom. The molecule has 0 saturated heterocycles. The molecule has 3 nitrogen and oxygen atoms in total. The minimum absolute atomic E-state index is 0.0267. The molecule has 3 rings (SSSR count). The third-order valence-corrected chi connectivity index (χ3v) is 6.01. The molecule has 0 aliphatic carbocycles. The Morgan fingerprint density at radius 1 is 0.800 bits per heavy atom. The zero-order valence-corrected chi connectivity index (χ0v) is 15.0. The summed E-state index contributed by atoms with van der Waals surface area (Å²) >= 11 is 0. The third kappa shape index (κ3) is 4.18. The average Bonchev–Trinajstić information content (AvgIpc) is 2.65. The number of rotatable bonds is 7. The summed E-state index contributed by atoms with van der Waals surface area (Å²) in [7, 11) is -1.72. The molecule has 0 amide bonds. The highest BCUT2D eigenvalue weighted by Gasteiger charge is 2.26. The summed E-state index contributed by atoms with van der Waals surface area (Å²) in [6, 6.07) is 18.9. The van der Waals surface area contributed by atoms with Crippen molar-refractivity contribution in [3.8, 4) is 11.5 Å². The highest BCUT2D eigenvalue weighted by atomic mass is 31.1. The third-order valence-electron chi connectivity index (χ3n) is 4.41. The van der Waals surface area contributed by atoms with E-state index in [-0.39, 0.29) is 11.5 Å². The molecule has 3 aromatic carbocycles. The van der Waals surface area contributed by atoms with Crippen LogP contribution in [0.25, 0.3) is 10.8 Å². The maximum Gasteiger partial charge on any atom is 0.380 e. The van der Waals surface area contributed by atoms with Crippen LogP contribution in [-0.2, 0) is 11.0 Å². The molecule has 0 aliphatic heterocycles. The Labute approximate surface area is 148 Å². The molecule has 0 spiro atoms. The first-order valence-electron chi connectivity index (χ1n) is 8.59. The predicted octanol–water partition coefficient (Wildman–Crippen LogP) is 5.12. The largest absolute Gasteiger partial charge is 0.507 e. The van der Waals surface area contributed by atoms with Gasteiger partial charge in [-0.1, -0.05) is 59.2 Å². The van der Waals surface area contributed by atoms with Crippen LogP contribution in [0.15, 0.2) is 60.7 Å². The number of benzene rings is 3. The molecule has 25 heavy (non-hydrogen) atoms. The van der Waals surface area contributed by atoms with E-state index in [0.29, 0.717) is 22.2 Å². The number of aromatic hydroxyl groups is 2. The zero-order valence-electron chi connectivity index (χ0n) is 14.1. The Hall–Kier alpha value is -2.38. The van der Waals surface area contributed by atoms with E-state index in [9.17, 15) is 14.8 Å². The number of phenols is 2. The van der Waals surface area contributed by atoms with Crippen LogP contribution in [0.4, 0.5) is 0 Å². The molecule has 1 atom stereocenters. The minimum Gasteiger partial charge on any atom is -0.507 e. The molecule has 0 aromatic heterocycles.